The molecular weight excluding hydrogens is 1180 g/mol. The molecule has 0 unspecified atom stereocenters. The van der Waals surface area contributed by atoms with Gasteiger partial charge in [0, 0.05) is 40.6 Å². The van der Waals surface area contributed by atoms with E-state index in [0.29, 0.717) is 26.1 Å². The van der Waals surface area contributed by atoms with Gasteiger partial charge in [0.05, 0.1) is 32.5 Å². The Morgan fingerprint density at radius 2 is 0.775 bits per heavy atom. The van der Waals surface area contributed by atoms with Gasteiger partial charge in [-0.3, -0.25) is 9.05 Å². The first kappa shape index (κ1) is 84.6. The van der Waals surface area contributed by atoms with E-state index in [9.17, 15) is 33.8 Å². The zero-order chi connectivity index (χ0) is 64.9. The Balaban J connectivity index is 2.41. The largest absolute Gasteiger partial charge is 0.470 e. The van der Waals surface area contributed by atoms with Crippen LogP contribution in [0.3, 0.4) is 0 Å². The van der Waals surface area contributed by atoms with Gasteiger partial charge in [-0.15, -0.1) is 0 Å². The van der Waals surface area contributed by atoms with Gasteiger partial charge in [-0.1, -0.05) is 245 Å². The first-order chi connectivity index (χ1) is 43.2. The highest BCUT2D eigenvalue weighted by atomic mass is 31.2. The number of unbranched alkanes of at least 4 members (excludes halogenated alkanes) is 34. The van der Waals surface area contributed by atoms with Gasteiger partial charge >= 0.3 is 15.6 Å². The molecule has 2 heterocycles. The standard InChI is InChI=1S/C68H134O19P2/c1-7-11-15-19-22-25-28-29-30-31-32-33-36-39-43-47-52-80-66-64(81-53-49-58(77-6)48-44-40-18-14-10-4)62(87-89(73,74)75)60(56-76-5)86-68(66)83-57-59-61(69)63(78-50-45-41-37-34-26-23-20-16-12-8-2)65(67(85-59)82-54-55-84-88(70,71)72)79-51-46-42-38-35-27-24-21-17-13-9-3/h25,28,58-69H,7-24,26-27,29-57H2,1-6H3,(H2,70,71,72)(H2,73,74,75)/b28-25-/t58-,59-,60-,61-,62-,63+,64+,65-,66-,67+,68-/m1/s1. The van der Waals surface area contributed by atoms with E-state index in [1.807, 2.05) is 0 Å². The Bertz CT molecular complexity index is 1690. The minimum absolute atomic E-state index is 0.118. The van der Waals surface area contributed by atoms with E-state index < -0.39 is 83.7 Å². The van der Waals surface area contributed by atoms with Gasteiger partial charge in [0.25, 0.3) is 0 Å². The normalized spacial score (nSPS) is 23.1. The molecule has 5 N–H and O–H groups in total. The van der Waals surface area contributed by atoms with Gasteiger partial charge < -0.3 is 72.0 Å². The third kappa shape index (κ3) is 44.1. The summed E-state index contributed by atoms with van der Waals surface area (Å²) in [5.41, 5.74) is 0. The van der Waals surface area contributed by atoms with Crippen molar-refractivity contribution in [1.82, 2.24) is 0 Å². The zero-order valence-electron chi connectivity index (χ0n) is 57.0. The number of hydrogen-bond donors (Lipinski definition) is 5. The number of aliphatic hydroxyl groups is 1. The van der Waals surface area contributed by atoms with Crippen molar-refractivity contribution in [3.63, 3.8) is 0 Å². The number of aliphatic hydroxyl groups excluding tert-OH is 1. The molecule has 0 aromatic carbocycles. The van der Waals surface area contributed by atoms with Crippen LogP contribution in [-0.2, 0) is 65.5 Å². The molecule has 0 aliphatic carbocycles. The monoisotopic (exact) mass is 1320 g/mol. The summed E-state index contributed by atoms with van der Waals surface area (Å²) in [5.74, 6) is 0. The van der Waals surface area contributed by atoms with Crippen LogP contribution in [0.1, 0.15) is 291 Å². The fraction of sp³-hybridized carbons (Fsp3) is 0.971. The van der Waals surface area contributed by atoms with Crippen molar-refractivity contribution in [2.75, 3.05) is 67.1 Å². The Kier molecular flexibility index (Phi) is 53.9. The second kappa shape index (κ2) is 56.7. The summed E-state index contributed by atoms with van der Waals surface area (Å²) in [7, 11) is -6.83. The molecule has 2 saturated heterocycles. The third-order valence-electron chi connectivity index (χ3n) is 17.1. The number of rotatable bonds is 64. The lowest BCUT2D eigenvalue weighted by Crippen LogP contribution is -2.63. The van der Waals surface area contributed by atoms with Crippen LogP contribution in [-0.4, -0.2) is 159 Å². The molecule has 0 spiro atoms. The summed E-state index contributed by atoms with van der Waals surface area (Å²) in [4.78, 5) is 39.8. The summed E-state index contributed by atoms with van der Waals surface area (Å²) in [5, 5.41) is 12.4. The summed E-state index contributed by atoms with van der Waals surface area (Å²) in [6, 6.07) is 0. The fourth-order valence-corrected chi connectivity index (χ4v) is 12.8. The van der Waals surface area contributed by atoms with Crippen molar-refractivity contribution in [1.29, 1.82) is 0 Å². The van der Waals surface area contributed by atoms with E-state index in [1.165, 1.54) is 142 Å². The quantitative estimate of drug-likeness (QED) is 0.0216. The molecule has 21 heteroatoms. The lowest BCUT2D eigenvalue weighted by Gasteiger charge is -2.47. The first-order valence-electron chi connectivity index (χ1n) is 36.0. The van der Waals surface area contributed by atoms with Gasteiger partial charge in [0.15, 0.2) is 12.6 Å². The van der Waals surface area contributed by atoms with Gasteiger partial charge in [-0.2, -0.15) is 0 Å². The minimum atomic E-state index is -5.14. The van der Waals surface area contributed by atoms with E-state index in [2.05, 4.69) is 39.8 Å². The molecule has 530 valence electrons. The molecule has 0 amide bonds. The maximum Gasteiger partial charge on any atom is 0.470 e. The highest BCUT2D eigenvalue weighted by molar-refractivity contribution is 7.46. The van der Waals surface area contributed by atoms with E-state index in [1.54, 1.807) is 7.11 Å². The predicted molar refractivity (Wildman–Crippen MR) is 353 cm³/mol. The molecule has 19 nitrogen and oxygen atoms in total. The zero-order valence-corrected chi connectivity index (χ0v) is 58.8. The molecule has 0 bridgehead atoms. The summed E-state index contributed by atoms with van der Waals surface area (Å²) >= 11 is 0. The smallest absolute Gasteiger partial charge is 0.387 e. The second-order valence-electron chi connectivity index (χ2n) is 25.1. The van der Waals surface area contributed by atoms with Gasteiger partial charge in [0.1, 0.15) is 48.8 Å². The molecule has 0 radical (unpaired) electrons. The molecule has 89 heavy (non-hydrogen) atoms. The Hall–Kier alpha value is -0.480. The summed E-state index contributed by atoms with van der Waals surface area (Å²) in [6.07, 6.45) is 38.8. The molecule has 2 fully saturated rings. The van der Waals surface area contributed by atoms with Crippen LogP contribution >= 0.6 is 15.6 Å². The van der Waals surface area contributed by atoms with Crippen LogP contribution in [0, 0.1) is 0 Å². The van der Waals surface area contributed by atoms with E-state index in [0.717, 1.165) is 116 Å². The molecule has 2 rings (SSSR count). The second-order valence-corrected chi connectivity index (χ2v) is 27.5. The maximum atomic E-state index is 12.8. The molecule has 11 atom stereocenters. The predicted octanol–water partition coefficient (Wildman–Crippen LogP) is 16.2. The first-order valence-corrected chi connectivity index (χ1v) is 39.1. The fourth-order valence-electron chi connectivity index (χ4n) is 11.9. The van der Waals surface area contributed by atoms with Crippen molar-refractivity contribution in [3.8, 4) is 0 Å². The van der Waals surface area contributed by atoms with Gasteiger partial charge in [0.2, 0.25) is 0 Å². The lowest BCUT2D eigenvalue weighted by atomic mass is 9.97. The summed E-state index contributed by atoms with van der Waals surface area (Å²) < 4.78 is 98.8. The van der Waals surface area contributed by atoms with Gasteiger partial charge in [-0.25, -0.2) is 9.13 Å². The third-order valence-corrected chi connectivity index (χ3v) is 18.2. The lowest BCUT2D eigenvalue weighted by molar-refractivity contribution is -0.343. The number of phosphoric acid groups is 2. The average Bonchev–Trinajstić information content (AvgIpc) is 1.13. The molecule has 2 aliphatic rings. The molecule has 0 aromatic heterocycles. The van der Waals surface area contributed by atoms with Crippen molar-refractivity contribution in [2.24, 2.45) is 0 Å². The van der Waals surface area contributed by atoms with Crippen molar-refractivity contribution in [2.45, 2.75) is 358 Å². The molecule has 2 aliphatic heterocycles. The maximum absolute atomic E-state index is 12.8. The van der Waals surface area contributed by atoms with Crippen LogP contribution in [0.15, 0.2) is 12.2 Å². The Morgan fingerprint density at radius 1 is 0.382 bits per heavy atom. The molecule has 0 saturated carbocycles. The average molecular weight is 1320 g/mol. The number of methoxy groups -OCH3 is 2. The number of hydrogen-bond acceptors (Lipinski definition) is 15. The highest BCUT2D eigenvalue weighted by Crippen LogP contribution is 2.43. The van der Waals surface area contributed by atoms with Crippen LogP contribution < -0.4 is 0 Å². The van der Waals surface area contributed by atoms with Crippen LogP contribution in [0.5, 0.6) is 0 Å². The van der Waals surface area contributed by atoms with Crippen LogP contribution in [0.2, 0.25) is 0 Å². The SMILES string of the molecule is CCCCCC/C=C\CCCCCCCCCCO[C@H]1[C@H](OC[C@H]2O[C@H](OCCOP(=O)(O)O)[C@H](OCCCCCCCCCCCC)[C@@H](OCCCCCCCCCCCC)[C@@H]2O)O[C@H](COC)[C@@H](OP(=O)(O)O)[C@@H]1OCC[C@@H](CCCCCCC)OC. The van der Waals surface area contributed by atoms with Gasteiger partial charge in [-0.05, 0) is 57.8 Å². The van der Waals surface area contributed by atoms with Crippen LogP contribution in [0.25, 0.3) is 0 Å². The number of phosphoric ester groups is 2. The number of allylic oxidation sites excluding steroid dienone is 2. The minimum Gasteiger partial charge on any atom is -0.387 e. The van der Waals surface area contributed by atoms with Crippen molar-refractivity contribution < 1.29 is 90.2 Å². The highest BCUT2D eigenvalue weighted by Gasteiger charge is 2.53. The van der Waals surface area contributed by atoms with E-state index in [-0.39, 0.29) is 39.1 Å². The molecular formula is C68H134O19P2. The summed E-state index contributed by atoms with van der Waals surface area (Å²) in [6.45, 7) is 8.80. The number of ether oxygens (including phenoxy) is 10. The molecule has 0 aromatic rings. The van der Waals surface area contributed by atoms with Crippen LogP contribution in [0.4, 0.5) is 0 Å². The van der Waals surface area contributed by atoms with Crippen molar-refractivity contribution in [3.05, 3.63) is 12.2 Å². The van der Waals surface area contributed by atoms with E-state index >= 15 is 0 Å². The Labute approximate surface area is 541 Å². The topological polar surface area (TPSA) is 246 Å². The van der Waals surface area contributed by atoms with Crippen molar-refractivity contribution >= 4 is 15.6 Å². The van der Waals surface area contributed by atoms with E-state index in [4.69, 9.17) is 56.4 Å². The Morgan fingerprint density at radius 3 is 1.22 bits per heavy atom.